The van der Waals surface area contributed by atoms with Gasteiger partial charge < -0.3 is 4.74 Å². The van der Waals surface area contributed by atoms with Gasteiger partial charge in [-0.3, -0.25) is 9.69 Å². The lowest BCUT2D eigenvalue weighted by atomic mass is 9.94. The molecule has 100 valence electrons. The molecule has 0 aromatic heterocycles. The minimum Gasteiger partial charge on any atom is -0.444 e. The third-order valence-electron chi connectivity index (χ3n) is 3.21. The molecule has 1 unspecified atom stereocenters. The van der Waals surface area contributed by atoms with Gasteiger partial charge in [-0.2, -0.15) is 5.10 Å². The fourth-order valence-corrected chi connectivity index (χ4v) is 2.30. The molecular weight excluding hydrogens is 234 g/mol. The van der Waals surface area contributed by atoms with Crippen molar-refractivity contribution in [2.24, 2.45) is 11.0 Å². The second kappa shape index (κ2) is 3.70. The zero-order valence-electron chi connectivity index (χ0n) is 11.4. The van der Waals surface area contributed by atoms with Gasteiger partial charge in [0, 0.05) is 6.54 Å². The Balaban J connectivity index is 2.21. The summed E-state index contributed by atoms with van der Waals surface area (Å²) in [5.41, 5.74) is 2.02. The van der Waals surface area contributed by atoms with Crippen LogP contribution >= 0.6 is 0 Å². The first-order chi connectivity index (χ1) is 8.13. The van der Waals surface area contributed by atoms with Gasteiger partial charge in [-0.05, 0) is 34.6 Å². The van der Waals surface area contributed by atoms with Crippen molar-refractivity contribution >= 4 is 17.7 Å². The predicted molar refractivity (Wildman–Crippen MR) is 66.1 cm³/mol. The number of carbonyl (C=O) groups excluding carboxylic acids is 2. The summed E-state index contributed by atoms with van der Waals surface area (Å²) in [7, 11) is 0. The van der Waals surface area contributed by atoms with Crippen molar-refractivity contribution in [1.82, 2.24) is 10.3 Å². The lowest BCUT2D eigenvalue weighted by Crippen LogP contribution is -2.48. The van der Waals surface area contributed by atoms with Crippen LogP contribution in [-0.2, 0) is 9.53 Å². The van der Waals surface area contributed by atoms with Crippen molar-refractivity contribution in [3.63, 3.8) is 0 Å². The van der Waals surface area contributed by atoms with Crippen LogP contribution in [0, 0.1) is 5.92 Å². The van der Waals surface area contributed by atoms with Crippen molar-refractivity contribution < 1.29 is 14.3 Å². The second-order valence-electron chi connectivity index (χ2n) is 6.18. The molecule has 0 aromatic carbocycles. The summed E-state index contributed by atoms with van der Waals surface area (Å²) in [5.74, 6) is -0.489. The van der Waals surface area contributed by atoms with Gasteiger partial charge in [-0.25, -0.2) is 10.2 Å². The zero-order valence-corrected chi connectivity index (χ0v) is 11.4. The van der Waals surface area contributed by atoms with Gasteiger partial charge in [-0.15, -0.1) is 0 Å². The summed E-state index contributed by atoms with van der Waals surface area (Å²) >= 11 is 0. The van der Waals surface area contributed by atoms with E-state index in [0.717, 1.165) is 0 Å². The molecule has 6 heteroatoms. The Morgan fingerprint density at radius 3 is 2.61 bits per heavy atom. The van der Waals surface area contributed by atoms with Gasteiger partial charge in [0.15, 0.2) is 0 Å². The van der Waals surface area contributed by atoms with Crippen molar-refractivity contribution in [3.8, 4) is 0 Å². The number of carbonyl (C=O) groups is 2. The number of hydrogen-bond acceptors (Lipinski definition) is 4. The molecule has 18 heavy (non-hydrogen) atoms. The van der Waals surface area contributed by atoms with Crippen LogP contribution in [0.5, 0.6) is 0 Å². The number of nitrogens with zero attached hydrogens (tertiary/aromatic N) is 2. The Hall–Kier alpha value is -1.59. The van der Waals surface area contributed by atoms with E-state index in [1.807, 2.05) is 34.6 Å². The van der Waals surface area contributed by atoms with Gasteiger partial charge >= 0.3 is 6.09 Å². The topological polar surface area (TPSA) is 71.0 Å². The normalized spacial score (nSPS) is 25.6. The molecule has 1 atom stereocenters. The van der Waals surface area contributed by atoms with Crippen molar-refractivity contribution in [1.29, 1.82) is 0 Å². The summed E-state index contributed by atoms with van der Waals surface area (Å²) < 4.78 is 5.36. The fraction of sp³-hybridized carbons (Fsp3) is 0.750. The quantitative estimate of drug-likeness (QED) is 0.703. The Bertz CT molecular complexity index is 434. The van der Waals surface area contributed by atoms with E-state index in [0.29, 0.717) is 12.3 Å². The SMILES string of the molecule is CC(C)(C)OC(=O)N1CC2C(=O)NN=C2C1(C)C. The molecule has 0 bridgehead atoms. The highest BCUT2D eigenvalue weighted by atomic mass is 16.6. The Kier molecular flexibility index (Phi) is 2.64. The van der Waals surface area contributed by atoms with Crippen LogP contribution in [0.4, 0.5) is 4.79 Å². The Labute approximate surface area is 106 Å². The third kappa shape index (κ3) is 1.95. The van der Waals surface area contributed by atoms with Crippen LogP contribution in [0.25, 0.3) is 0 Å². The molecule has 0 aromatic rings. The molecule has 2 aliphatic rings. The molecule has 0 aliphatic carbocycles. The second-order valence-corrected chi connectivity index (χ2v) is 6.18. The highest BCUT2D eigenvalue weighted by molar-refractivity contribution is 6.15. The van der Waals surface area contributed by atoms with E-state index in [1.165, 1.54) is 0 Å². The molecular formula is C12H19N3O3. The third-order valence-corrected chi connectivity index (χ3v) is 3.21. The number of amides is 2. The summed E-state index contributed by atoms with van der Waals surface area (Å²) in [6, 6.07) is 0. The maximum absolute atomic E-state index is 12.1. The summed E-state index contributed by atoms with van der Waals surface area (Å²) in [6.45, 7) is 9.52. The molecule has 1 saturated heterocycles. The monoisotopic (exact) mass is 253 g/mol. The molecule has 0 radical (unpaired) electrons. The first kappa shape index (κ1) is 12.9. The molecule has 0 spiro atoms. The largest absolute Gasteiger partial charge is 0.444 e. The van der Waals surface area contributed by atoms with Crippen LogP contribution in [0.3, 0.4) is 0 Å². The number of hydrazone groups is 1. The highest BCUT2D eigenvalue weighted by Crippen LogP contribution is 2.33. The average Bonchev–Trinajstić information content (AvgIpc) is 2.64. The summed E-state index contributed by atoms with van der Waals surface area (Å²) in [4.78, 5) is 25.3. The summed E-state index contributed by atoms with van der Waals surface area (Å²) in [5, 5.41) is 4.03. The number of hydrogen-bond donors (Lipinski definition) is 1. The number of rotatable bonds is 0. The molecule has 2 aliphatic heterocycles. The van der Waals surface area contributed by atoms with Crippen molar-refractivity contribution in [3.05, 3.63) is 0 Å². The first-order valence-corrected chi connectivity index (χ1v) is 6.01. The standard InChI is InChI=1S/C12H19N3O3/c1-11(2,3)18-10(17)15-6-7-8(12(15,4)5)13-14-9(7)16/h7H,6H2,1-5H3,(H,14,16). The van der Waals surface area contributed by atoms with Gasteiger partial charge in [-0.1, -0.05) is 0 Å². The van der Waals surface area contributed by atoms with E-state index in [2.05, 4.69) is 10.5 Å². The van der Waals surface area contributed by atoms with Crippen LogP contribution in [-0.4, -0.2) is 40.3 Å². The maximum atomic E-state index is 12.1. The van der Waals surface area contributed by atoms with Crippen LogP contribution in [0.1, 0.15) is 34.6 Å². The molecule has 2 amide bonds. The van der Waals surface area contributed by atoms with E-state index in [1.54, 1.807) is 4.90 Å². The molecule has 0 saturated carbocycles. The summed E-state index contributed by atoms with van der Waals surface area (Å²) in [6.07, 6.45) is -0.405. The first-order valence-electron chi connectivity index (χ1n) is 6.01. The smallest absolute Gasteiger partial charge is 0.411 e. The van der Waals surface area contributed by atoms with E-state index < -0.39 is 17.2 Å². The lowest BCUT2D eigenvalue weighted by molar-refractivity contribution is -0.122. The zero-order chi connectivity index (χ0) is 13.7. The number of ether oxygens (including phenoxy) is 1. The van der Waals surface area contributed by atoms with Crippen LogP contribution in [0.2, 0.25) is 0 Å². The van der Waals surface area contributed by atoms with Gasteiger partial charge in [0.2, 0.25) is 0 Å². The molecule has 1 fully saturated rings. The van der Waals surface area contributed by atoms with Crippen molar-refractivity contribution in [2.75, 3.05) is 6.54 Å². The van der Waals surface area contributed by atoms with Crippen molar-refractivity contribution in [2.45, 2.75) is 45.8 Å². The lowest BCUT2D eigenvalue weighted by Gasteiger charge is -2.33. The van der Waals surface area contributed by atoms with Gasteiger partial charge in [0.25, 0.3) is 5.91 Å². The fourth-order valence-electron chi connectivity index (χ4n) is 2.30. The van der Waals surface area contributed by atoms with Gasteiger partial charge in [0.1, 0.15) is 5.60 Å². The molecule has 2 rings (SSSR count). The van der Waals surface area contributed by atoms with Crippen LogP contribution < -0.4 is 5.43 Å². The number of nitrogens with one attached hydrogen (secondary N) is 1. The minimum absolute atomic E-state index is 0.149. The molecule has 6 nitrogen and oxygen atoms in total. The van der Waals surface area contributed by atoms with E-state index >= 15 is 0 Å². The highest BCUT2D eigenvalue weighted by Gasteiger charge is 2.53. The molecule has 1 N–H and O–H groups in total. The number of fused-ring (bicyclic) bond motifs is 1. The predicted octanol–water partition coefficient (Wildman–Crippen LogP) is 1.12. The Morgan fingerprint density at radius 2 is 2.11 bits per heavy atom. The van der Waals surface area contributed by atoms with Gasteiger partial charge in [0.05, 0.1) is 17.2 Å². The Morgan fingerprint density at radius 1 is 1.50 bits per heavy atom. The average molecular weight is 253 g/mol. The van der Waals surface area contributed by atoms with E-state index in [4.69, 9.17) is 4.74 Å². The van der Waals surface area contributed by atoms with E-state index in [-0.39, 0.29) is 11.8 Å². The van der Waals surface area contributed by atoms with Crippen LogP contribution in [0.15, 0.2) is 5.10 Å². The number of likely N-dealkylation sites (tertiary alicyclic amines) is 1. The minimum atomic E-state index is -0.591. The molecule has 2 heterocycles. The van der Waals surface area contributed by atoms with E-state index in [9.17, 15) is 9.59 Å². The maximum Gasteiger partial charge on any atom is 0.411 e.